The third kappa shape index (κ3) is 32.3. The zero-order chi connectivity index (χ0) is 97.7. The van der Waals surface area contributed by atoms with Crippen LogP contribution in [-0.2, 0) is 98.7 Å². The zero-order valence-electron chi connectivity index (χ0n) is 76.3. The summed E-state index contributed by atoms with van der Waals surface area (Å²) in [4.78, 5) is 155. The third-order valence-corrected chi connectivity index (χ3v) is 35.5. The van der Waals surface area contributed by atoms with Gasteiger partial charge in [-0.3, -0.25) is 56.9 Å². The Morgan fingerprint density at radius 1 is 0.492 bits per heavy atom. The zero-order valence-corrected chi connectivity index (χ0v) is 82.5. The lowest BCUT2D eigenvalue weighted by Crippen LogP contribution is -2.47. The predicted molar refractivity (Wildman–Crippen MR) is 496 cm³/mol. The van der Waals surface area contributed by atoms with Crippen LogP contribution in [0.2, 0.25) is 36.3 Å². The number of halogens is 1. The number of aromatic nitrogens is 8. The van der Waals surface area contributed by atoms with Gasteiger partial charge in [0.25, 0.3) is 22.2 Å². The van der Waals surface area contributed by atoms with Gasteiger partial charge in [-0.15, -0.1) is 0 Å². The predicted octanol–water partition coefficient (Wildman–Crippen LogP) is 10.8. The Hall–Kier alpha value is -8.09. The topological polar surface area (TPSA) is 538 Å². The minimum atomic E-state index is -5.72. The molecule has 3 aromatic carbocycles. The molecule has 728 valence electrons. The number of alkyl halides is 1. The Kier molecular flexibility index (Phi) is 39.8. The van der Waals surface area contributed by atoms with Crippen LogP contribution < -0.4 is 45.0 Å². The summed E-state index contributed by atoms with van der Waals surface area (Å²) in [6.45, 7) is 30.6. The van der Waals surface area contributed by atoms with Gasteiger partial charge in [0.1, 0.15) is 42.7 Å². The molecule has 11 rings (SSSR count). The van der Waals surface area contributed by atoms with E-state index in [1.807, 2.05) is 128 Å². The van der Waals surface area contributed by atoms with Crippen molar-refractivity contribution in [2.45, 2.75) is 255 Å². The first kappa shape index (κ1) is 109. The Morgan fingerprint density at radius 2 is 0.833 bits per heavy atom. The number of hydrogen-bond acceptors (Lipinski definition) is 28. The van der Waals surface area contributed by atoms with E-state index in [1.54, 1.807) is 33.0 Å². The van der Waals surface area contributed by atoms with Crippen molar-refractivity contribution in [3.05, 3.63) is 256 Å². The molecule has 0 spiro atoms. The molecule has 4 fully saturated rings. The van der Waals surface area contributed by atoms with Crippen LogP contribution in [0.15, 0.2) is 172 Å². The Morgan fingerprint density at radius 3 is 1.17 bits per heavy atom. The van der Waals surface area contributed by atoms with Gasteiger partial charge in [-0.25, -0.2) is 37.7 Å². The molecule has 14 atom stereocenters. The van der Waals surface area contributed by atoms with E-state index in [0.717, 1.165) is 34.1 Å². The van der Waals surface area contributed by atoms with Gasteiger partial charge in [-0.1, -0.05) is 199 Å². The van der Waals surface area contributed by atoms with Gasteiger partial charge in [0.05, 0.1) is 106 Å². The highest BCUT2D eigenvalue weighted by atomic mass is 79.9. The molecule has 4 saturated heterocycles. The number of nitrogens with zero attached hydrogens (tertiary/aromatic N) is 5. The fraction of sp³-hybridized carbons (Fsp3) is 0.523. The van der Waals surface area contributed by atoms with Crippen LogP contribution in [0.25, 0.3) is 18.2 Å². The molecule has 0 amide bonds. The minimum absolute atomic E-state index is 0.0213. The van der Waals surface area contributed by atoms with Crippen LogP contribution >= 0.6 is 39.4 Å². The molecule has 2 unspecified atom stereocenters. The van der Waals surface area contributed by atoms with Gasteiger partial charge < -0.3 is 81.6 Å². The molecule has 0 aliphatic carbocycles. The fourth-order valence-electron chi connectivity index (χ4n) is 13.3. The van der Waals surface area contributed by atoms with Crippen molar-refractivity contribution in [2.24, 2.45) is 0 Å². The van der Waals surface area contributed by atoms with Gasteiger partial charge in [0, 0.05) is 61.4 Å². The molecule has 0 bridgehead atoms. The van der Waals surface area contributed by atoms with E-state index in [-0.39, 0.29) is 102 Å². The molecule has 10 N–H and O–H groups in total. The maximum Gasteiger partial charge on any atom is 0.490 e. The average Bonchev–Trinajstić information content (AvgIpc) is 1.30. The molecular weight excluding hydrogens is 1890 g/mol. The number of aliphatic hydroxyl groups excluding tert-OH is 3. The SMILES string of the molecule is CC[C@H]1O[C@@H](n2cc(CBr)c(=O)n(C(=O)OC(C)(C)C)c2=O)C[C@H]1O[Si](C)(C)C(C)(C)C.CC[C@H]1O[C@@H](n2cc(COC/C=C/c3ccccc3)c(=O)[nH]c2=O)C[C@H]1O[Si](C)(C)C(C)(C)C.O=c1[nH]c(=O)n([C@H]2C[C@@H](O)[C@@H](CO)O2)cc1COC/C=C/c1ccccc1.O=c1[nH]c(=O)n([C@H]2C[C@@H](O)[C@@H](COP(=O)(O)OP(=O)(O)OP(=O)(O)O)O2)cc1COC/C=C/c1ccccc1. The Bertz CT molecular complexity index is 5740. The fourth-order valence-corrected chi connectivity index (χ4v) is 19.4. The summed E-state index contributed by atoms with van der Waals surface area (Å²) in [6.07, 6.45) is 10.3. The van der Waals surface area contributed by atoms with E-state index in [0.29, 0.717) is 36.2 Å². The van der Waals surface area contributed by atoms with Crippen molar-refractivity contribution in [1.82, 2.24) is 37.8 Å². The first-order valence-electron chi connectivity index (χ1n) is 42.6. The normalized spacial score (nSPS) is 22.3. The standard InChI is InChI=1S/C26H38N2O5Si.C22H37BrN2O6Si.C19H25N2O15P3.C19H22N2O6/c1-7-21-22(33-34(5,6)26(2,3)4)16-23(32-21)28-17-20(24(29)27-25(28)30)18-31-15-11-14-19-12-9-8-10-13-19;1-10-15-16(31-32(8,9)22(5,6)7)11-17(29-15)24-13-14(12-23)18(26)25(19(24)27)20(28)30-21(2,3)4;22-15-9-17(34-16(15)12-33-38(28,29)36-39(30,31)35-37(25,26)27)21-10-14(18(23)20-19(21)24)11-32-8-4-7-13-5-2-1-3-6-13;22-11-16-15(23)9-17(27-16)21-10-14(18(24)20-19(21)25)12-26-8-4-7-13-5-2-1-3-6-13/h8-14,17,21-23H,7,15-16,18H2,1-6H3,(H,27,29,30);13,15-17H,10-12H2,1-9H3;1-7,10,15-17,22H,8-9,11-12H2,(H,28,29)(H,30,31)(H,20,23,24)(H2,25,26,27);1-7,10,15-17,22-23H,8-9,11-12H2,(H,20,24,25)/b14-11+;;2*7-4+/t21-,22-,23-;3*15-,16-,17-/m1111/s1. The number of ether oxygens (including phenoxy) is 8. The van der Waals surface area contributed by atoms with Gasteiger partial charge >= 0.3 is 52.3 Å². The number of carbonyl (C=O) groups excluding carboxylic acids is 1. The van der Waals surface area contributed by atoms with Crippen LogP contribution in [0.1, 0.15) is 179 Å². The number of phosphoric acid groups is 3. The summed E-state index contributed by atoms with van der Waals surface area (Å²) in [5, 5.41) is 29.5. The number of aliphatic hydroxyl groups is 3. The molecule has 8 heterocycles. The molecule has 0 radical (unpaired) electrons. The second kappa shape index (κ2) is 48.1. The molecule has 0 saturated carbocycles. The second-order valence-electron chi connectivity index (χ2n) is 35.4. The number of rotatable bonds is 34. The molecule has 4 aliphatic heterocycles. The van der Waals surface area contributed by atoms with Crippen LogP contribution in [0.4, 0.5) is 4.79 Å². The van der Waals surface area contributed by atoms with Crippen LogP contribution in [-0.4, -0.2) is 183 Å². The molecule has 7 aromatic rings. The molecule has 40 nitrogen and oxygen atoms in total. The molecular formula is C86H122BrN8O32P3Si2. The maximum absolute atomic E-state index is 13.2. The lowest BCUT2D eigenvalue weighted by Gasteiger charge is -2.39. The lowest BCUT2D eigenvalue weighted by molar-refractivity contribution is -0.0461. The summed E-state index contributed by atoms with van der Waals surface area (Å²) < 4.78 is 110. The first-order chi connectivity index (χ1) is 61.8. The minimum Gasteiger partial charge on any atom is -0.443 e. The first-order valence-corrected chi connectivity index (χ1v) is 54.0. The van der Waals surface area contributed by atoms with Crippen molar-refractivity contribution in [3.8, 4) is 0 Å². The number of nitrogens with one attached hydrogen (secondary N) is 3. The van der Waals surface area contributed by atoms with Crippen LogP contribution in [0.5, 0.6) is 0 Å². The van der Waals surface area contributed by atoms with Gasteiger partial charge in [-0.2, -0.15) is 13.2 Å². The van der Waals surface area contributed by atoms with Crippen molar-refractivity contribution >= 4 is 80.4 Å². The van der Waals surface area contributed by atoms with Crippen molar-refractivity contribution in [2.75, 3.05) is 33.0 Å². The van der Waals surface area contributed by atoms with Crippen LogP contribution in [0, 0.1) is 0 Å². The molecule has 4 aromatic heterocycles. The number of H-pyrrole nitrogens is 3. The second-order valence-corrected chi connectivity index (χ2v) is 49.9. The van der Waals surface area contributed by atoms with E-state index < -0.39 is 153 Å². The third-order valence-electron chi connectivity index (χ3n) is 22.1. The number of aromatic amines is 3. The highest BCUT2D eigenvalue weighted by Crippen LogP contribution is 2.66. The van der Waals surface area contributed by atoms with Crippen molar-refractivity contribution in [1.29, 1.82) is 0 Å². The van der Waals surface area contributed by atoms with E-state index in [4.69, 9.17) is 61.6 Å². The molecule has 46 heteroatoms. The van der Waals surface area contributed by atoms with Gasteiger partial charge in [0.2, 0.25) is 0 Å². The van der Waals surface area contributed by atoms with Crippen LogP contribution in [0.3, 0.4) is 0 Å². The number of phosphoric ester groups is 1. The monoisotopic (exact) mass is 2010 g/mol. The maximum atomic E-state index is 13.2. The van der Waals surface area contributed by atoms with Gasteiger partial charge in [0.15, 0.2) is 16.6 Å². The number of hydrogen-bond donors (Lipinski definition) is 10. The summed E-state index contributed by atoms with van der Waals surface area (Å²) in [7, 11) is -20.8. The lowest BCUT2D eigenvalue weighted by atomic mass is 10.1. The highest BCUT2D eigenvalue weighted by molar-refractivity contribution is 9.08. The average molecular weight is 2010 g/mol. The molecule has 4 aliphatic rings. The Labute approximate surface area is 771 Å². The number of carbonyl (C=O) groups is 1. The molecule has 132 heavy (non-hydrogen) atoms. The van der Waals surface area contributed by atoms with Crippen molar-refractivity contribution in [3.63, 3.8) is 0 Å². The highest BCUT2D eigenvalue weighted by Gasteiger charge is 2.48. The quantitative estimate of drug-likeness (QED) is 0.00775. The summed E-state index contributed by atoms with van der Waals surface area (Å²) in [5.41, 5.74) is -1.92. The summed E-state index contributed by atoms with van der Waals surface area (Å²) >= 11 is 3.28. The summed E-state index contributed by atoms with van der Waals surface area (Å²) in [6, 6.07) is 29.1. The summed E-state index contributed by atoms with van der Waals surface area (Å²) in [5.74, 6) is 0. The Balaban J connectivity index is 0.000000218. The van der Waals surface area contributed by atoms with E-state index in [9.17, 15) is 76.8 Å². The van der Waals surface area contributed by atoms with E-state index >= 15 is 0 Å². The van der Waals surface area contributed by atoms with E-state index in [1.165, 1.54) is 32.3 Å². The smallest absolute Gasteiger partial charge is 0.443 e. The van der Waals surface area contributed by atoms with E-state index in [2.05, 4.69) is 119 Å². The van der Waals surface area contributed by atoms with Crippen molar-refractivity contribution < 1.29 is 113 Å². The largest absolute Gasteiger partial charge is 0.490 e. The number of benzene rings is 3. The van der Waals surface area contributed by atoms with Gasteiger partial charge in [-0.05, 0) is 86.6 Å².